The number of fused-ring (bicyclic) bond motifs is 2. The normalized spacial score (nSPS) is 12.7. The summed E-state index contributed by atoms with van der Waals surface area (Å²) < 4.78 is 2.65. The summed E-state index contributed by atoms with van der Waals surface area (Å²) >= 11 is 5.39. The number of hydrogen-bond donors (Lipinski definition) is 0. The van der Waals surface area contributed by atoms with Gasteiger partial charge in [0.15, 0.2) is 0 Å². The van der Waals surface area contributed by atoms with Crippen molar-refractivity contribution in [2.45, 2.75) is 8.42 Å². The third-order valence-electron chi connectivity index (χ3n) is 3.14. The second-order valence-corrected chi connectivity index (χ2v) is 7.65. The fourth-order valence-electron chi connectivity index (χ4n) is 2.24. The number of benzene rings is 1. The molecule has 0 atom stereocenters. The summed E-state index contributed by atoms with van der Waals surface area (Å²) in [6.45, 7) is 0. The summed E-state index contributed by atoms with van der Waals surface area (Å²) in [7, 11) is 0. The van der Waals surface area contributed by atoms with Crippen LogP contribution in [0.25, 0.3) is 0 Å². The Morgan fingerprint density at radius 3 is 2.00 bits per heavy atom. The second-order valence-electron chi connectivity index (χ2n) is 4.28. The maximum absolute atomic E-state index is 8.92. The van der Waals surface area contributed by atoms with Crippen LogP contribution in [0.15, 0.2) is 55.6 Å². The highest BCUT2D eigenvalue weighted by molar-refractivity contribution is 8.03. The third-order valence-corrected chi connectivity index (χ3v) is 6.40. The van der Waals surface area contributed by atoms with E-state index in [4.69, 9.17) is 5.26 Å². The van der Waals surface area contributed by atoms with Crippen LogP contribution in [-0.4, -0.2) is 0 Å². The molecule has 0 N–H and O–H groups in total. The smallest absolute Gasteiger partial charge is 0.0991 e. The average molecular weight is 312 g/mol. The molecule has 2 nitrogen and oxygen atoms in total. The number of nitriles is 1. The van der Waals surface area contributed by atoms with Gasteiger partial charge < -0.3 is 4.90 Å². The lowest BCUT2D eigenvalue weighted by atomic mass is 10.2. The monoisotopic (exact) mass is 312 g/mol. The van der Waals surface area contributed by atoms with Crippen LogP contribution in [0.4, 0.5) is 17.1 Å². The van der Waals surface area contributed by atoms with Gasteiger partial charge >= 0.3 is 0 Å². The van der Waals surface area contributed by atoms with Crippen molar-refractivity contribution in [2.75, 3.05) is 4.90 Å². The average Bonchev–Trinajstić information content (AvgIpc) is 3.13. The highest BCUT2D eigenvalue weighted by Crippen LogP contribution is 2.55. The molecule has 0 bridgehead atoms. The minimum atomic E-state index is 0.691. The zero-order valence-electron chi connectivity index (χ0n) is 10.2. The van der Waals surface area contributed by atoms with Crippen molar-refractivity contribution >= 4 is 51.5 Å². The summed E-state index contributed by atoms with van der Waals surface area (Å²) in [4.78, 5) is 2.27. The molecule has 0 unspecified atom stereocenters. The molecule has 1 aliphatic rings. The molecule has 2 aromatic heterocycles. The van der Waals surface area contributed by atoms with Gasteiger partial charge in [-0.1, -0.05) is 11.8 Å². The molecule has 0 spiro atoms. The lowest BCUT2D eigenvalue weighted by Crippen LogP contribution is -2.11. The largest absolute Gasteiger partial charge is 0.306 e. The Morgan fingerprint density at radius 1 is 0.850 bits per heavy atom. The van der Waals surface area contributed by atoms with Gasteiger partial charge in [0.1, 0.15) is 0 Å². The van der Waals surface area contributed by atoms with Gasteiger partial charge in [-0.2, -0.15) is 5.26 Å². The van der Waals surface area contributed by atoms with Gasteiger partial charge in [0.25, 0.3) is 0 Å². The van der Waals surface area contributed by atoms with Gasteiger partial charge in [-0.05, 0) is 47.2 Å². The first kappa shape index (κ1) is 12.0. The van der Waals surface area contributed by atoms with Gasteiger partial charge in [-0.25, -0.2) is 0 Å². The van der Waals surface area contributed by atoms with E-state index in [1.165, 1.54) is 19.8 Å². The molecule has 20 heavy (non-hydrogen) atoms. The zero-order chi connectivity index (χ0) is 13.5. The molecule has 0 amide bonds. The molecule has 1 aliphatic heterocycles. The second kappa shape index (κ2) is 4.67. The Morgan fingerprint density at radius 2 is 1.45 bits per heavy atom. The fourth-order valence-corrected chi connectivity index (χ4v) is 5.51. The number of anilines is 3. The molecule has 0 aliphatic carbocycles. The summed E-state index contributed by atoms with van der Waals surface area (Å²) in [5.74, 6) is 0. The SMILES string of the molecule is N#Cc1ccc(N2c3ccsc3Sc3sccc32)cc1. The van der Waals surface area contributed by atoms with Crippen molar-refractivity contribution < 1.29 is 0 Å². The molecule has 96 valence electrons. The minimum Gasteiger partial charge on any atom is -0.306 e. The molecular formula is C15H8N2S3. The quantitative estimate of drug-likeness (QED) is 0.457. The summed E-state index contributed by atoms with van der Waals surface area (Å²) in [5, 5.41) is 13.2. The van der Waals surface area contributed by atoms with Crippen molar-refractivity contribution in [1.29, 1.82) is 5.26 Å². The van der Waals surface area contributed by atoms with E-state index in [9.17, 15) is 0 Å². The Balaban J connectivity index is 1.89. The Bertz CT molecular complexity index is 768. The highest BCUT2D eigenvalue weighted by Gasteiger charge is 2.26. The standard InChI is InChI=1S/C15H8N2S3/c16-9-10-1-3-11(4-2-10)17-12-5-7-18-14(12)20-15-13(17)6-8-19-15/h1-8H. The molecule has 3 heterocycles. The lowest BCUT2D eigenvalue weighted by molar-refractivity contribution is 1.23. The van der Waals surface area contributed by atoms with E-state index in [-0.39, 0.29) is 0 Å². The van der Waals surface area contributed by atoms with Gasteiger partial charge in [-0.3, -0.25) is 0 Å². The van der Waals surface area contributed by atoms with Crippen LogP contribution < -0.4 is 4.90 Å². The van der Waals surface area contributed by atoms with Crippen molar-refractivity contribution in [2.24, 2.45) is 0 Å². The fraction of sp³-hybridized carbons (Fsp3) is 0. The lowest BCUT2D eigenvalue weighted by Gasteiger charge is -2.28. The molecule has 0 saturated heterocycles. The van der Waals surface area contributed by atoms with Crippen LogP contribution in [0.2, 0.25) is 0 Å². The summed E-state index contributed by atoms with van der Waals surface area (Å²) in [6.07, 6.45) is 0. The molecule has 1 aromatic carbocycles. The maximum Gasteiger partial charge on any atom is 0.0991 e. The number of rotatable bonds is 1. The van der Waals surface area contributed by atoms with Crippen LogP contribution >= 0.6 is 34.4 Å². The highest BCUT2D eigenvalue weighted by atomic mass is 32.2. The first-order valence-electron chi connectivity index (χ1n) is 6.00. The van der Waals surface area contributed by atoms with Gasteiger partial charge in [0.05, 0.1) is 31.4 Å². The zero-order valence-corrected chi connectivity index (χ0v) is 12.7. The number of thiophene rings is 2. The van der Waals surface area contributed by atoms with Gasteiger partial charge in [0, 0.05) is 5.69 Å². The maximum atomic E-state index is 8.92. The first-order valence-corrected chi connectivity index (χ1v) is 8.57. The number of nitrogens with zero attached hydrogens (tertiary/aromatic N) is 2. The van der Waals surface area contributed by atoms with E-state index in [1.54, 1.807) is 22.7 Å². The first-order chi connectivity index (χ1) is 9.86. The molecule has 0 radical (unpaired) electrons. The molecule has 0 saturated carbocycles. The predicted octanol–water partition coefficient (Wildman–Crippen LogP) is 5.62. The minimum absolute atomic E-state index is 0.691. The van der Waals surface area contributed by atoms with Crippen LogP contribution in [0, 0.1) is 11.3 Å². The predicted molar refractivity (Wildman–Crippen MR) is 85.7 cm³/mol. The van der Waals surface area contributed by atoms with E-state index >= 15 is 0 Å². The molecule has 3 aromatic rings. The van der Waals surface area contributed by atoms with Gasteiger partial charge in [0.2, 0.25) is 0 Å². The topological polar surface area (TPSA) is 27.0 Å². The van der Waals surface area contributed by atoms with Crippen LogP contribution in [0.5, 0.6) is 0 Å². The molecule has 4 rings (SSSR count). The van der Waals surface area contributed by atoms with Crippen molar-refractivity contribution in [3.05, 3.63) is 52.7 Å². The Kier molecular flexibility index (Phi) is 2.81. The van der Waals surface area contributed by atoms with Crippen molar-refractivity contribution in [3.8, 4) is 6.07 Å². The third kappa shape index (κ3) is 1.77. The van der Waals surface area contributed by atoms with E-state index in [1.807, 2.05) is 36.0 Å². The molecule has 5 heteroatoms. The molecular weight excluding hydrogens is 304 g/mol. The van der Waals surface area contributed by atoms with Crippen molar-refractivity contribution in [3.63, 3.8) is 0 Å². The molecule has 0 fully saturated rings. The summed E-state index contributed by atoms with van der Waals surface area (Å²) in [5.41, 5.74) is 4.26. The number of hydrogen-bond acceptors (Lipinski definition) is 5. The van der Waals surface area contributed by atoms with Gasteiger partial charge in [-0.15, -0.1) is 22.7 Å². The van der Waals surface area contributed by atoms with Crippen LogP contribution in [0.3, 0.4) is 0 Å². The van der Waals surface area contributed by atoms with E-state index in [0.717, 1.165) is 5.69 Å². The Labute approximate surface area is 128 Å². The van der Waals surface area contributed by atoms with E-state index < -0.39 is 0 Å². The van der Waals surface area contributed by atoms with Crippen LogP contribution in [-0.2, 0) is 0 Å². The summed E-state index contributed by atoms with van der Waals surface area (Å²) in [6, 6.07) is 14.2. The van der Waals surface area contributed by atoms with E-state index in [0.29, 0.717) is 5.56 Å². The Hall–Kier alpha value is -1.74. The van der Waals surface area contributed by atoms with E-state index in [2.05, 4.69) is 33.9 Å². The van der Waals surface area contributed by atoms with Crippen molar-refractivity contribution in [1.82, 2.24) is 0 Å². The van der Waals surface area contributed by atoms with Crippen LogP contribution in [0.1, 0.15) is 5.56 Å².